The predicted molar refractivity (Wildman–Crippen MR) is 130 cm³/mol. The molecular weight excluding hydrogens is 438 g/mol. The summed E-state index contributed by atoms with van der Waals surface area (Å²) in [5.74, 6) is 1.11. The van der Waals surface area contributed by atoms with E-state index < -0.39 is 0 Å². The molecule has 7 heteroatoms. The van der Waals surface area contributed by atoms with E-state index in [9.17, 15) is 0 Å². The second-order valence-electron chi connectivity index (χ2n) is 6.89. The maximum Gasteiger partial charge on any atom is 0.174 e. The molecule has 0 aliphatic heterocycles. The summed E-state index contributed by atoms with van der Waals surface area (Å²) in [5, 5.41) is 10.6. The lowest BCUT2D eigenvalue weighted by Crippen LogP contribution is -1.97. The first-order chi connectivity index (χ1) is 15.7. The summed E-state index contributed by atoms with van der Waals surface area (Å²) < 4.78 is 13.2. The Morgan fingerprint density at radius 1 is 0.906 bits per heavy atom. The number of ether oxygens (including phenoxy) is 2. The van der Waals surface area contributed by atoms with Gasteiger partial charge in [-0.3, -0.25) is 0 Å². The van der Waals surface area contributed by atoms with Crippen LogP contribution in [0.3, 0.4) is 0 Å². The molecule has 2 heterocycles. The Kier molecular flexibility index (Phi) is 5.55. The molecule has 0 aliphatic carbocycles. The highest BCUT2D eigenvalue weighted by Crippen LogP contribution is 2.37. The number of benzene rings is 3. The summed E-state index contributed by atoms with van der Waals surface area (Å²) in [6, 6.07) is 23.9. The van der Waals surface area contributed by atoms with Crippen molar-refractivity contribution in [2.45, 2.75) is 0 Å². The van der Waals surface area contributed by atoms with Crippen molar-refractivity contribution >= 4 is 54.8 Å². The average molecular weight is 456 g/mol. The fourth-order valence-electron chi connectivity index (χ4n) is 3.36. The molecule has 5 nitrogen and oxygen atoms in total. The van der Waals surface area contributed by atoms with Gasteiger partial charge < -0.3 is 9.47 Å². The summed E-state index contributed by atoms with van der Waals surface area (Å²) >= 11 is 3.30. The highest BCUT2D eigenvalue weighted by molar-refractivity contribution is 7.22. The number of thiazole rings is 2. The normalized spacial score (nSPS) is 10.8. The standard InChI is InChI=1S/C25H17N3O2S2/c1-29-21-15-16(10-11-20(21)30-13-12-26)14-17(24-27-18-6-2-4-8-22(18)31-24)25-28-19-7-3-5-9-23(19)32-25/h2-11,14-15H,13H2,1H3. The van der Waals surface area contributed by atoms with Crippen molar-refractivity contribution in [2.24, 2.45) is 0 Å². The number of hydrogen-bond donors (Lipinski definition) is 0. The highest BCUT2D eigenvalue weighted by atomic mass is 32.1. The molecule has 5 aromatic rings. The van der Waals surface area contributed by atoms with Crippen LogP contribution in [0.4, 0.5) is 0 Å². The number of fused-ring (bicyclic) bond motifs is 2. The SMILES string of the molecule is COc1cc(C=C(c2nc3ccccc3s2)c2nc3ccccc3s2)ccc1OCC#N. The van der Waals surface area contributed by atoms with Crippen LogP contribution in [0.5, 0.6) is 11.5 Å². The van der Waals surface area contributed by atoms with E-state index >= 15 is 0 Å². The smallest absolute Gasteiger partial charge is 0.174 e. The van der Waals surface area contributed by atoms with Crippen molar-refractivity contribution < 1.29 is 9.47 Å². The topological polar surface area (TPSA) is 68.0 Å². The Morgan fingerprint density at radius 3 is 2.09 bits per heavy atom. The summed E-state index contributed by atoms with van der Waals surface area (Å²) in [4.78, 5) is 9.76. The van der Waals surface area contributed by atoms with E-state index in [1.54, 1.807) is 29.8 Å². The maximum absolute atomic E-state index is 8.80. The second kappa shape index (κ2) is 8.79. The number of nitrogens with zero attached hydrogens (tertiary/aromatic N) is 3. The lowest BCUT2D eigenvalue weighted by molar-refractivity contribution is 0.329. The first kappa shape index (κ1) is 20.2. The molecule has 156 valence electrons. The first-order valence-electron chi connectivity index (χ1n) is 9.86. The Balaban J connectivity index is 1.65. The van der Waals surface area contributed by atoms with Crippen molar-refractivity contribution in [1.82, 2.24) is 9.97 Å². The van der Waals surface area contributed by atoms with Gasteiger partial charge in [0.25, 0.3) is 0 Å². The van der Waals surface area contributed by atoms with Gasteiger partial charge in [-0.2, -0.15) is 5.26 Å². The van der Waals surface area contributed by atoms with Gasteiger partial charge in [0.05, 0.1) is 27.5 Å². The molecule has 5 rings (SSSR count). The lowest BCUT2D eigenvalue weighted by Gasteiger charge is -2.09. The molecule has 2 aromatic heterocycles. The zero-order chi connectivity index (χ0) is 21.9. The van der Waals surface area contributed by atoms with Gasteiger partial charge in [0.2, 0.25) is 0 Å². The van der Waals surface area contributed by atoms with Crippen LogP contribution >= 0.6 is 22.7 Å². The summed E-state index contributed by atoms with van der Waals surface area (Å²) in [6.45, 7) is -0.0335. The van der Waals surface area contributed by atoms with Crippen LogP contribution in [-0.4, -0.2) is 23.7 Å². The van der Waals surface area contributed by atoms with Gasteiger partial charge in [0.1, 0.15) is 16.1 Å². The van der Waals surface area contributed by atoms with Crippen LogP contribution in [-0.2, 0) is 0 Å². The molecule has 0 unspecified atom stereocenters. The van der Waals surface area contributed by atoms with E-state index in [-0.39, 0.29) is 6.61 Å². The fraction of sp³-hybridized carbons (Fsp3) is 0.0800. The number of methoxy groups -OCH3 is 1. The fourth-order valence-corrected chi connectivity index (χ4v) is 5.39. The zero-order valence-electron chi connectivity index (χ0n) is 17.1. The molecule has 0 fully saturated rings. The molecule has 0 amide bonds. The zero-order valence-corrected chi connectivity index (χ0v) is 18.7. The molecule has 0 spiro atoms. The van der Waals surface area contributed by atoms with Gasteiger partial charge in [-0.15, -0.1) is 22.7 Å². The number of rotatable bonds is 6. The third kappa shape index (κ3) is 3.94. The van der Waals surface area contributed by atoms with Gasteiger partial charge in [-0.25, -0.2) is 9.97 Å². The average Bonchev–Trinajstić information content (AvgIpc) is 3.45. The van der Waals surface area contributed by atoms with Crippen LogP contribution < -0.4 is 9.47 Å². The Bertz CT molecular complexity index is 1350. The third-order valence-electron chi connectivity index (χ3n) is 4.84. The van der Waals surface area contributed by atoms with Crippen LogP contribution in [0.25, 0.3) is 32.1 Å². The quantitative estimate of drug-likeness (QED) is 0.296. The van der Waals surface area contributed by atoms with E-state index in [1.807, 2.05) is 60.7 Å². The number of aromatic nitrogens is 2. The van der Waals surface area contributed by atoms with Crippen LogP contribution in [0.15, 0.2) is 66.7 Å². The van der Waals surface area contributed by atoms with E-state index in [1.165, 1.54) is 0 Å². The predicted octanol–water partition coefficient (Wildman–Crippen LogP) is 6.41. The molecule has 0 N–H and O–H groups in total. The van der Waals surface area contributed by atoms with E-state index in [2.05, 4.69) is 18.2 Å². The van der Waals surface area contributed by atoms with Crippen LogP contribution in [0.2, 0.25) is 0 Å². The Labute approximate surface area is 192 Å². The van der Waals surface area contributed by atoms with Crippen molar-refractivity contribution in [3.05, 3.63) is 82.3 Å². The van der Waals surface area contributed by atoms with Crippen molar-refractivity contribution in [2.75, 3.05) is 13.7 Å². The molecule has 0 saturated heterocycles. The van der Waals surface area contributed by atoms with Crippen molar-refractivity contribution in [3.8, 4) is 17.6 Å². The van der Waals surface area contributed by atoms with Crippen molar-refractivity contribution in [3.63, 3.8) is 0 Å². The summed E-state index contributed by atoms with van der Waals surface area (Å²) in [6.07, 6.45) is 2.08. The first-order valence-corrected chi connectivity index (χ1v) is 11.5. The minimum absolute atomic E-state index is 0.0335. The summed E-state index contributed by atoms with van der Waals surface area (Å²) in [5.41, 5.74) is 3.83. The Morgan fingerprint density at radius 2 is 1.53 bits per heavy atom. The third-order valence-corrected chi connectivity index (χ3v) is 6.98. The van der Waals surface area contributed by atoms with Gasteiger partial charge in [-0.05, 0) is 48.0 Å². The van der Waals surface area contributed by atoms with E-state index in [0.29, 0.717) is 11.5 Å². The van der Waals surface area contributed by atoms with Crippen molar-refractivity contribution in [1.29, 1.82) is 5.26 Å². The van der Waals surface area contributed by atoms with E-state index in [4.69, 9.17) is 24.7 Å². The molecule has 0 atom stereocenters. The Hall–Kier alpha value is -3.73. The largest absolute Gasteiger partial charge is 0.493 e. The molecule has 0 aliphatic rings. The maximum atomic E-state index is 8.80. The molecule has 32 heavy (non-hydrogen) atoms. The molecule has 0 bridgehead atoms. The number of para-hydroxylation sites is 2. The minimum atomic E-state index is -0.0335. The minimum Gasteiger partial charge on any atom is -0.493 e. The van der Waals surface area contributed by atoms with E-state index in [0.717, 1.165) is 41.6 Å². The van der Waals surface area contributed by atoms with Crippen LogP contribution in [0, 0.1) is 11.3 Å². The lowest BCUT2D eigenvalue weighted by atomic mass is 10.1. The van der Waals surface area contributed by atoms with Gasteiger partial charge >= 0.3 is 0 Å². The molecule has 3 aromatic carbocycles. The van der Waals surface area contributed by atoms with Gasteiger partial charge in [-0.1, -0.05) is 30.3 Å². The van der Waals surface area contributed by atoms with Gasteiger partial charge in [0.15, 0.2) is 18.1 Å². The highest BCUT2D eigenvalue weighted by Gasteiger charge is 2.16. The molecule has 0 radical (unpaired) electrons. The van der Waals surface area contributed by atoms with Gasteiger partial charge in [0, 0.05) is 5.57 Å². The second-order valence-corrected chi connectivity index (χ2v) is 8.95. The molecule has 0 saturated carbocycles. The molecular formula is C25H17N3O2S2. The number of nitriles is 1. The van der Waals surface area contributed by atoms with Crippen LogP contribution in [0.1, 0.15) is 15.6 Å². The monoisotopic (exact) mass is 455 g/mol. The summed E-state index contributed by atoms with van der Waals surface area (Å²) in [7, 11) is 1.59. The number of hydrogen-bond acceptors (Lipinski definition) is 7.